The van der Waals surface area contributed by atoms with Gasteiger partial charge in [0.05, 0.1) is 19.9 Å². The van der Waals surface area contributed by atoms with Gasteiger partial charge in [-0.25, -0.2) is 0 Å². The highest BCUT2D eigenvalue weighted by Gasteiger charge is 2.16. The van der Waals surface area contributed by atoms with Gasteiger partial charge in [-0.1, -0.05) is 0 Å². The number of anilines is 1. The van der Waals surface area contributed by atoms with Crippen LogP contribution in [0.2, 0.25) is 0 Å². The fourth-order valence-electron chi connectivity index (χ4n) is 2.28. The molecule has 1 N–H and O–H groups in total. The van der Waals surface area contributed by atoms with Crippen molar-refractivity contribution < 1.29 is 23.7 Å². The summed E-state index contributed by atoms with van der Waals surface area (Å²) in [7, 11) is 3.11. The van der Waals surface area contributed by atoms with Crippen LogP contribution in [0.1, 0.15) is 10.4 Å². The molecule has 1 aliphatic heterocycles. The number of hydrogen-bond acceptors (Lipinski definition) is 5. The van der Waals surface area contributed by atoms with Crippen molar-refractivity contribution in [3.63, 3.8) is 0 Å². The molecule has 1 aliphatic rings. The SMILES string of the molecule is COc1ccc(NC(=O)c2ccc3c(c2)OCCO3)c(OC)c1. The molecular formula is C17H17NO5. The first-order valence-corrected chi connectivity index (χ1v) is 7.14. The summed E-state index contributed by atoms with van der Waals surface area (Å²) < 4.78 is 21.4. The molecule has 3 rings (SSSR count). The summed E-state index contributed by atoms with van der Waals surface area (Å²) in [6, 6.07) is 10.3. The number of rotatable bonds is 4. The highest BCUT2D eigenvalue weighted by molar-refractivity contribution is 6.05. The van der Waals surface area contributed by atoms with E-state index in [1.807, 2.05) is 0 Å². The minimum atomic E-state index is -0.259. The Bertz CT molecular complexity index is 729. The molecule has 0 saturated heterocycles. The quantitative estimate of drug-likeness (QED) is 0.940. The molecule has 0 saturated carbocycles. The topological polar surface area (TPSA) is 66.0 Å². The minimum Gasteiger partial charge on any atom is -0.497 e. The molecule has 0 spiro atoms. The van der Waals surface area contributed by atoms with Crippen molar-refractivity contribution in [3.8, 4) is 23.0 Å². The van der Waals surface area contributed by atoms with Crippen molar-refractivity contribution in [1.82, 2.24) is 0 Å². The normalized spacial score (nSPS) is 12.4. The third-order valence-electron chi connectivity index (χ3n) is 3.46. The largest absolute Gasteiger partial charge is 0.497 e. The van der Waals surface area contributed by atoms with E-state index < -0.39 is 0 Å². The van der Waals surface area contributed by atoms with E-state index in [1.54, 1.807) is 43.5 Å². The van der Waals surface area contributed by atoms with Gasteiger partial charge in [0.25, 0.3) is 5.91 Å². The summed E-state index contributed by atoms with van der Waals surface area (Å²) in [5, 5.41) is 2.82. The Morgan fingerprint density at radius 2 is 1.78 bits per heavy atom. The van der Waals surface area contributed by atoms with E-state index in [-0.39, 0.29) is 5.91 Å². The van der Waals surface area contributed by atoms with E-state index in [0.717, 1.165) is 0 Å². The molecule has 0 atom stereocenters. The molecule has 1 amide bonds. The van der Waals surface area contributed by atoms with Crippen LogP contribution in [0.3, 0.4) is 0 Å². The predicted molar refractivity (Wildman–Crippen MR) is 84.9 cm³/mol. The fourth-order valence-corrected chi connectivity index (χ4v) is 2.28. The van der Waals surface area contributed by atoms with Crippen LogP contribution in [0.5, 0.6) is 23.0 Å². The van der Waals surface area contributed by atoms with Crippen LogP contribution in [0.25, 0.3) is 0 Å². The summed E-state index contributed by atoms with van der Waals surface area (Å²) in [5.74, 6) is 2.14. The highest BCUT2D eigenvalue weighted by atomic mass is 16.6. The Kier molecular flexibility index (Phi) is 4.23. The van der Waals surface area contributed by atoms with Gasteiger partial charge in [-0.05, 0) is 30.3 Å². The fraction of sp³-hybridized carbons (Fsp3) is 0.235. The molecule has 1 heterocycles. The Morgan fingerprint density at radius 3 is 2.52 bits per heavy atom. The number of hydrogen-bond donors (Lipinski definition) is 1. The van der Waals surface area contributed by atoms with Crippen molar-refractivity contribution in [2.45, 2.75) is 0 Å². The second kappa shape index (κ2) is 6.48. The smallest absolute Gasteiger partial charge is 0.255 e. The summed E-state index contributed by atoms with van der Waals surface area (Å²) in [6.07, 6.45) is 0. The zero-order valence-electron chi connectivity index (χ0n) is 12.9. The highest BCUT2D eigenvalue weighted by Crippen LogP contribution is 2.32. The van der Waals surface area contributed by atoms with Crippen molar-refractivity contribution in [2.24, 2.45) is 0 Å². The van der Waals surface area contributed by atoms with Gasteiger partial charge in [-0.15, -0.1) is 0 Å². The molecular weight excluding hydrogens is 298 g/mol. The van der Waals surface area contributed by atoms with Crippen molar-refractivity contribution in [1.29, 1.82) is 0 Å². The van der Waals surface area contributed by atoms with Crippen LogP contribution in [0.4, 0.5) is 5.69 Å². The third-order valence-corrected chi connectivity index (χ3v) is 3.46. The lowest BCUT2D eigenvalue weighted by molar-refractivity contribution is 0.102. The van der Waals surface area contributed by atoms with Crippen molar-refractivity contribution >= 4 is 11.6 Å². The van der Waals surface area contributed by atoms with Gasteiger partial charge in [-0.2, -0.15) is 0 Å². The molecule has 120 valence electrons. The second-order valence-corrected chi connectivity index (χ2v) is 4.88. The standard InChI is InChI=1S/C17H17NO5/c1-20-12-4-5-13(15(10-12)21-2)18-17(19)11-3-6-14-16(9-11)23-8-7-22-14/h3-6,9-10H,7-8H2,1-2H3,(H,18,19). The molecule has 0 radical (unpaired) electrons. The van der Waals surface area contributed by atoms with E-state index in [1.165, 1.54) is 7.11 Å². The summed E-state index contributed by atoms with van der Waals surface area (Å²) in [6.45, 7) is 0.992. The van der Waals surface area contributed by atoms with Gasteiger partial charge < -0.3 is 24.3 Å². The molecule has 2 aromatic rings. The van der Waals surface area contributed by atoms with Crippen molar-refractivity contribution in [2.75, 3.05) is 32.8 Å². The Labute approximate surface area is 133 Å². The van der Waals surface area contributed by atoms with Gasteiger partial charge in [0.1, 0.15) is 24.7 Å². The van der Waals surface area contributed by atoms with E-state index in [2.05, 4.69) is 5.32 Å². The van der Waals surface area contributed by atoms with Gasteiger partial charge >= 0.3 is 0 Å². The first kappa shape index (κ1) is 15.0. The average Bonchev–Trinajstić information content (AvgIpc) is 2.61. The molecule has 0 aliphatic carbocycles. The molecule has 0 bridgehead atoms. The van der Waals surface area contributed by atoms with E-state index in [9.17, 15) is 4.79 Å². The van der Waals surface area contributed by atoms with Gasteiger partial charge in [-0.3, -0.25) is 4.79 Å². The van der Waals surface area contributed by atoms with E-state index in [0.29, 0.717) is 47.5 Å². The third kappa shape index (κ3) is 3.15. The Hall–Kier alpha value is -2.89. The lowest BCUT2D eigenvalue weighted by Crippen LogP contribution is -2.17. The van der Waals surface area contributed by atoms with Crippen LogP contribution in [0, 0.1) is 0 Å². The number of carbonyl (C=O) groups excluding carboxylic acids is 1. The molecule has 23 heavy (non-hydrogen) atoms. The molecule has 0 unspecified atom stereocenters. The monoisotopic (exact) mass is 315 g/mol. The predicted octanol–water partition coefficient (Wildman–Crippen LogP) is 2.73. The number of carbonyl (C=O) groups is 1. The maximum atomic E-state index is 12.4. The lowest BCUT2D eigenvalue weighted by atomic mass is 10.1. The summed E-state index contributed by atoms with van der Waals surface area (Å²) in [4.78, 5) is 12.4. The minimum absolute atomic E-state index is 0.259. The van der Waals surface area contributed by atoms with Gasteiger partial charge in [0.15, 0.2) is 11.5 Å². The van der Waals surface area contributed by atoms with E-state index in [4.69, 9.17) is 18.9 Å². The first-order chi connectivity index (χ1) is 11.2. The van der Waals surface area contributed by atoms with Crippen LogP contribution in [0.15, 0.2) is 36.4 Å². The van der Waals surface area contributed by atoms with Crippen LogP contribution in [-0.2, 0) is 0 Å². The van der Waals surface area contributed by atoms with Crippen LogP contribution < -0.4 is 24.3 Å². The average molecular weight is 315 g/mol. The van der Waals surface area contributed by atoms with Crippen LogP contribution in [-0.4, -0.2) is 33.3 Å². The molecule has 6 nitrogen and oxygen atoms in total. The van der Waals surface area contributed by atoms with Gasteiger partial charge in [0, 0.05) is 11.6 Å². The molecule has 2 aromatic carbocycles. The maximum absolute atomic E-state index is 12.4. The zero-order valence-corrected chi connectivity index (χ0v) is 12.9. The maximum Gasteiger partial charge on any atom is 0.255 e. The van der Waals surface area contributed by atoms with Crippen LogP contribution >= 0.6 is 0 Å². The Balaban J connectivity index is 1.81. The number of benzene rings is 2. The molecule has 0 fully saturated rings. The number of amides is 1. The summed E-state index contributed by atoms with van der Waals surface area (Å²) in [5.41, 5.74) is 1.04. The lowest BCUT2D eigenvalue weighted by Gasteiger charge is -2.19. The number of ether oxygens (including phenoxy) is 4. The van der Waals surface area contributed by atoms with E-state index >= 15 is 0 Å². The number of fused-ring (bicyclic) bond motifs is 1. The Morgan fingerprint density at radius 1 is 1.00 bits per heavy atom. The summed E-state index contributed by atoms with van der Waals surface area (Å²) >= 11 is 0. The number of nitrogens with one attached hydrogen (secondary N) is 1. The zero-order chi connectivity index (χ0) is 16.2. The number of methoxy groups -OCH3 is 2. The van der Waals surface area contributed by atoms with Gasteiger partial charge in [0.2, 0.25) is 0 Å². The van der Waals surface area contributed by atoms with Crippen molar-refractivity contribution in [3.05, 3.63) is 42.0 Å². The molecule has 0 aromatic heterocycles. The second-order valence-electron chi connectivity index (χ2n) is 4.88. The molecule has 6 heteroatoms. The first-order valence-electron chi connectivity index (χ1n) is 7.14.